The molecule has 2 amide bonds. The molecule has 0 bridgehead atoms. The smallest absolute Gasteiger partial charge is 0.410 e. The van der Waals surface area contributed by atoms with Crippen LogP contribution < -0.4 is 15.0 Å². The number of hydrogen-bond acceptors (Lipinski definition) is 8. The van der Waals surface area contributed by atoms with Crippen LogP contribution in [-0.2, 0) is 16.1 Å². The predicted octanol–water partition coefficient (Wildman–Crippen LogP) is 7.11. The van der Waals surface area contributed by atoms with E-state index in [4.69, 9.17) is 37.7 Å². The molecule has 0 saturated carbocycles. The highest BCUT2D eigenvalue weighted by atomic mass is 35.5. The van der Waals surface area contributed by atoms with Gasteiger partial charge < -0.3 is 24.6 Å². The monoisotopic (exact) mass is 687 g/mol. The summed E-state index contributed by atoms with van der Waals surface area (Å²) in [5, 5.41) is 7.35. The number of benzene rings is 2. The highest BCUT2D eigenvalue weighted by Gasteiger charge is 2.27. The summed E-state index contributed by atoms with van der Waals surface area (Å²) in [4.78, 5) is 36.1. The molecule has 0 radical (unpaired) electrons. The van der Waals surface area contributed by atoms with Crippen molar-refractivity contribution in [1.82, 2.24) is 20.1 Å². The molecule has 3 aromatic rings. The van der Waals surface area contributed by atoms with Crippen LogP contribution >= 0.6 is 34.5 Å². The Kier molecular flexibility index (Phi) is 11.7. The van der Waals surface area contributed by atoms with Gasteiger partial charge in [0, 0.05) is 69.2 Å². The molecule has 0 unspecified atom stereocenters. The number of carbonyl (C=O) groups is 2. The molecule has 46 heavy (non-hydrogen) atoms. The lowest BCUT2D eigenvalue weighted by Gasteiger charge is -2.35. The lowest BCUT2D eigenvalue weighted by molar-refractivity contribution is -0.122. The van der Waals surface area contributed by atoms with Gasteiger partial charge in [0.2, 0.25) is 5.91 Å². The molecule has 0 aliphatic carbocycles. The van der Waals surface area contributed by atoms with E-state index < -0.39 is 5.60 Å². The summed E-state index contributed by atoms with van der Waals surface area (Å²) in [5.74, 6) is 0.847. The zero-order valence-electron chi connectivity index (χ0n) is 26.8. The second-order valence-corrected chi connectivity index (χ2v) is 14.5. The number of likely N-dealkylation sites (tertiary alicyclic amines) is 1. The van der Waals surface area contributed by atoms with E-state index in [0.717, 1.165) is 73.3 Å². The van der Waals surface area contributed by atoms with E-state index in [2.05, 4.69) is 20.5 Å². The minimum absolute atomic E-state index is 0.0764. The first-order valence-corrected chi connectivity index (χ1v) is 17.5. The molecule has 2 aliphatic heterocycles. The average molecular weight is 689 g/mol. The third-order valence-electron chi connectivity index (χ3n) is 8.00. The van der Waals surface area contributed by atoms with Gasteiger partial charge in [0.25, 0.3) is 0 Å². The van der Waals surface area contributed by atoms with Gasteiger partial charge in [-0.05, 0) is 82.0 Å². The van der Waals surface area contributed by atoms with Gasteiger partial charge in [-0.15, -0.1) is 11.3 Å². The number of amides is 2. The van der Waals surface area contributed by atoms with Gasteiger partial charge in [0.05, 0.1) is 22.3 Å². The van der Waals surface area contributed by atoms with Crippen molar-refractivity contribution in [3.8, 4) is 17.0 Å². The minimum Gasteiger partial charge on any atom is -0.494 e. The number of hydrogen-bond donors (Lipinski definition) is 1. The zero-order valence-corrected chi connectivity index (χ0v) is 29.1. The number of nitrogens with zero attached hydrogens (tertiary/aromatic N) is 4. The maximum Gasteiger partial charge on any atom is 0.410 e. The molecule has 2 aromatic carbocycles. The molecular weight excluding hydrogens is 645 g/mol. The van der Waals surface area contributed by atoms with Gasteiger partial charge in [-0.2, -0.15) is 0 Å². The zero-order chi connectivity index (χ0) is 32.7. The Morgan fingerprint density at radius 2 is 1.70 bits per heavy atom. The van der Waals surface area contributed by atoms with Crippen molar-refractivity contribution in [2.75, 3.05) is 50.8 Å². The summed E-state index contributed by atoms with van der Waals surface area (Å²) in [6, 6.07) is 13.9. The van der Waals surface area contributed by atoms with Gasteiger partial charge in [-0.1, -0.05) is 29.3 Å². The van der Waals surface area contributed by atoms with Crippen LogP contribution in [0.2, 0.25) is 10.0 Å². The average Bonchev–Trinajstić information content (AvgIpc) is 3.52. The molecule has 9 nitrogen and oxygen atoms in total. The lowest BCUT2D eigenvalue weighted by atomic mass is 10.0. The fourth-order valence-electron chi connectivity index (χ4n) is 5.53. The largest absolute Gasteiger partial charge is 0.494 e. The Balaban J connectivity index is 0.973. The number of halogens is 2. The van der Waals surface area contributed by atoms with Crippen molar-refractivity contribution in [1.29, 1.82) is 0 Å². The summed E-state index contributed by atoms with van der Waals surface area (Å²) in [7, 11) is 0. The second kappa shape index (κ2) is 15.7. The topological polar surface area (TPSA) is 87.2 Å². The van der Waals surface area contributed by atoms with E-state index in [0.29, 0.717) is 42.6 Å². The second-order valence-electron chi connectivity index (χ2n) is 12.8. The standard InChI is InChI=1S/C34H43Cl2N5O4S/c1-34(2,3)45-33(43)41-18-16-40(17-19-41)32-38-30(23-46-32)25-7-9-27(10-8-25)44-20-4-5-31(42)37-26-12-14-39(15-13-26)22-24-6-11-28(35)29(36)21-24/h6-11,21,23,26H,4-5,12-20,22H2,1-3H3,(H,37,42). The highest BCUT2D eigenvalue weighted by molar-refractivity contribution is 7.14. The quantitative estimate of drug-likeness (QED) is 0.227. The normalized spacial score (nSPS) is 16.4. The molecule has 1 aromatic heterocycles. The summed E-state index contributed by atoms with van der Waals surface area (Å²) in [6.07, 6.45) is 2.69. The van der Waals surface area contributed by atoms with Crippen molar-refractivity contribution in [2.45, 2.75) is 64.6 Å². The molecule has 2 aliphatic rings. The fourth-order valence-corrected chi connectivity index (χ4v) is 6.73. The highest BCUT2D eigenvalue weighted by Crippen LogP contribution is 2.30. The van der Waals surface area contributed by atoms with Crippen LogP contribution in [0.25, 0.3) is 11.3 Å². The number of nitrogens with one attached hydrogen (secondary N) is 1. The molecular formula is C34H43Cl2N5O4S. The van der Waals surface area contributed by atoms with Crippen molar-refractivity contribution >= 4 is 51.7 Å². The molecule has 0 spiro atoms. The van der Waals surface area contributed by atoms with E-state index in [9.17, 15) is 9.59 Å². The van der Waals surface area contributed by atoms with Crippen LogP contribution in [0.3, 0.4) is 0 Å². The van der Waals surface area contributed by atoms with E-state index >= 15 is 0 Å². The summed E-state index contributed by atoms with van der Waals surface area (Å²) < 4.78 is 11.4. The van der Waals surface area contributed by atoms with Crippen molar-refractivity contribution in [3.05, 3.63) is 63.5 Å². The SMILES string of the molecule is CC(C)(C)OC(=O)N1CCN(c2nc(-c3ccc(OCCCC(=O)NC4CCN(Cc5ccc(Cl)c(Cl)c5)CC4)cc3)cs2)CC1. The molecule has 2 saturated heterocycles. The van der Waals surface area contributed by atoms with Gasteiger partial charge >= 0.3 is 6.09 Å². The third kappa shape index (κ3) is 9.97. The maximum absolute atomic E-state index is 12.5. The Bertz CT molecular complexity index is 1460. The minimum atomic E-state index is -0.495. The lowest BCUT2D eigenvalue weighted by Crippen LogP contribution is -2.50. The third-order valence-corrected chi connectivity index (χ3v) is 9.64. The first kappa shape index (κ1) is 34.3. The molecule has 0 atom stereocenters. The number of piperidine rings is 1. The van der Waals surface area contributed by atoms with Gasteiger partial charge in [0.1, 0.15) is 11.4 Å². The van der Waals surface area contributed by atoms with Gasteiger partial charge in [-0.25, -0.2) is 9.78 Å². The molecule has 5 rings (SSSR count). The van der Waals surface area contributed by atoms with E-state index in [1.54, 1.807) is 16.2 Å². The Morgan fingerprint density at radius 3 is 2.37 bits per heavy atom. The van der Waals surface area contributed by atoms with Gasteiger partial charge in [0.15, 0.2) is 5.13 Å². The van der Waals surface area contributed by atoms with Crippen LogP contribution in [0.1, 0.15) is 52.0 Å². The Hall–Kier alpha value is -3.05. The maximum atomic E-state index is 12.5. The number of thiazole rings is 1. The number of carbonyl (C=O) groups excluding carboxylic acids is 2. The van der Waals surface area contributed by atoms with Crippen molar-refractivity contribution < 1.29 is 19.1 Å². The molecule has 2 fully saturated rings. The predicted molar refractivity (Wildman–Crippen MR) is 185 cm³/mol. The van der Waals surface area contributed by atoms with Crippen LogP contribution in [0.4, 0.5) is 9.93 Å². The van der Waals surface area contributed by atoms with E-state index in [1.807, 2.05) is 63.2 Å². The van der Waals surface area contributed by atoms with Crippen LogP contribution in [0.5, 0.6) is 5.75 Å². The first-order chi connectivity index (χ1) is 22.0. The summed E-state index contributed by atoms with van der Waals surface area (Å²) in [6.45, 7) is 11.5. The number of ether oxygens (including phenoxy) is 2. The summed E-state index contributed by atoms with van der Waals surface area (Å²) in [5.41, 5.74) is 2.58. The molecule has 1 N–H and O–H groups in total. The number of aromatic nitrogens is 1. The van der Waals surface area contributed by atoms with Crippen molar-refractivity contribution in [3.63, 3.8) is 0 Å². The number of rotatable bonds is 10. The van der Waals surface area contributed by atoms with Crippen LogP contribution in [0.15, 0.2) is 47.8 Å². The van der Waals surface area contributed by atoms with E-state index in [-0.39, 0.29) is 18.0 Å². The number of piperazine rings is 1. The summed E-state index contributed by atoms with van der Waals surface area (Å²) >= 11 is 13.8. The van der Waals surface area contributed by atoms with Crippen LogP contribution in [-0.4, -0.2) is 84.3 Å². The molecule has 3 heterocycles. The van der Waals surface area contributed by atoms with Crippen molar-refractivity contribution in [2.24, 2.45) is 0 Å². The Labute approximate surface area is 285 Å². The Morgan fingerprint density at radius 1 is 0.978 bits per heavy atom. The molecule has 12 heteroatoms. The fraction of sp³-hybridized carbons (Fsp3) is 0.500. The first-order valence-electron chi connectivity index (χ1n) is 15.9. The molecule has 248 valence electrons. The van der Waals surface area contributed by atoms with Crippen LogP contribution in [0, 0.1) is 0 Å². The van der Waals surface area contributed by atoms with Gasteiger partial charge in [-0.3, -0.25) is 9.69 Å². The van der Waals surface area contributed by atoms with E-state index in [1.165, 1.54) is 0 Å². The number of anilines is 1.